The summed E-state index contributed by atoms with van der Waals surface area (Å²) in [6.07, 6.45) is 0. The van der Waals surface area contributed by atoms with Crippen molar-refractivity contribution in [3.8, 4) is 17.1 Å². The number of aryl methyl sites for hydroxylation is 1. The van der Waals surface area contributed by atoms with Crippen molar-refractivity contribution in [3.63, 3.8) is 0 Å². The van der Waals surface area contributed by atoms with Crippen molar-refractivity contribution < 1.29 is 9.15 Å². The summed E-state index contributed by atoms with van der Waals surface area (Å²) in [4.78, 5) is 14.9. The molecule has 0 aliphatic rings. The van der Waals surface area contributed by atoms with Gasteiger partial charge in [0, 0.05) is 17.7 Å². The molecule has 0 fully saturated rings. The van der Waals surface area contributed by atoms with Gasteiger partial charge in [0.2, 0.25) is 0 Å². The van der Waals surface area contributed by atoms with Crippen LogP contribution in [0, 0.1) is 13.8 Å². The Bertz CT molecular complexity index is 969. The number of rotatable bonds is 4. The summed E-state index contributed by atoms with van der Waals surface area (Å²) in [5.74, 6) is 1.34. The van der Waals surface area contributed by atoms with Crippen molar-refractivity contribution >= 4 is 11.0 Å². The number of benzene rings is 2. The molecular weight excluding hydrogens is 314 g/mol. The predicted octanol–water partition coefficient (Wildman–Crippen LogP) is 4.15. The molecule has 4 nitrogen and oxygen atoms in total. The van der Waals surface area contributed by atoms with E-state index in [4.69, 9.17) is 9.15 Å². The van der Waals surface area contributed by atoms with E-state index in [0.29, 0.717) is 28.8 Å². The fraction of sp³-hybridized carbons (Fsp3) is 0.286. The first-order chi connectivity index (χ1) is 11.9. The fourth-order valence-corrected chi connectivity index (χ4v) is 3.03. The first-order valence-corrected chi connectivity index (χ1v) is 8.27. The maximum absolute atomic E-state index is 12.9. The van der Waals surface area contributed by atoms with Gasteiger partial charge in [0.25, 0.3) is 0 Å². The molecular formula is C21H23NO3. The molecule has 0 saturated heterocycles. The number of methoxy groups -OCH3 is 1. The molecule has 0 atom stereocenters. The van der Waals surface area contributed by atoms with Crippen LogP contribution in [0.15, 0.2) is 45.6 Å². The third kappa shape index (κ3) is 3.17. The monoisotopic (exact) mass is 337 g/mol. The summed E-state index contributed by atoms with van der Waals surface area (Å²) in [5.41, 5.74) is 4.17. The fourth-order valence-electron chi connectivity index (χ4n) is 3.03. The molecule has 0 spiro atoms. The van der Waals surface area contributed by atoms with Crippen molar-refractivity contribution in [2.75, 3.05) is 21.2 Å². The maximum atomic E-state index is 12.9. The molecule has 0 radical (unpaired) electrons. The first kappa shape index (κ1) is 17.2. The second-order valence-corrected chi connectivity index (χ2v) is 6.61. The second kappa shape index (κ2) is 6.73. The standard InChI is InChI=1S/C21H23NO3/c1-13-6-8-15(9-7-13)20-14(2)19(23)16-10-11-18(24-5)17(12-22(3)4)21(16)25-20/h6-11H,12H2,1-5H3. The molecule has 25 heavy (non-hydrogen) atoms. The van der Waals surface area contributed by atoms with Crippen LogP contribution in [0.4, 0.5) is 0 Å². The lowest BCUT2D eigenvalue weighted by atomic mass is 10.0. The van der Waals surface area contributed by atoms with Gasteiger partial charge in [-0.1, -0.05) is 29.8 Å². The van der Waals surface area contributed by atoms with E-state index in [9.17, 15) is 4.79 Å². The van der Waals surface area contributed by atoms with Crippen LogP contribution in [0.2, 0.25) is 0 Å². The Morgan fingerprint density at radius 2 is 1.72 bits per heavy atom. The summed E-state index contributed by atoms with van der Waals surface area (Å²) in [6, 6.07) is 11.6. The smallest absolute Gasteiger partial charge is 0.196 e. The van der Waals surface area contributed by atoms with Gasteiger partial charge in [0.1, 0.15) is 17.1 Å². The normalized spacial score (nSPS) is 11.3. The van der Waals surface area contributed by atoms with Gasteiger partial charge < -0.3 is 14.1 Å². The van der Waals surface area contributed by atoms with Crippen molar-refractivity contribution in [2.24, 2.45) is 0 Å². The SMILES string of the molecule is COc1ccc2c(=O)c(C)c(-c3ccc(C)cc3)oc2c1CN(C)C. The molecule has 0 amide bonds. The number of ether oxygens (including phenoxy) is 1. The van der Waals surface area contributed by atoms with Gasteiger partial charge in [0.15, 0.2) is 5.43 Å². The Balaban J connectivity index is 2.35. The minimum atomic E-state index is -0.000478. The van der Waals surface area contributed by atoms with Crippen LogP contribution in [0.1, 0.15) is 16.7 Å². The van der Waals surface area contributed by atoms with Crippen LogP contribution in [-0.4, -0.2) is 26.1 Å². The van der Waals surface area contributed by atoms with Gasteiger partial charge in [-0.05, 0) is 40.1 Å². The lowest BCUT2D eigenvalue weighted by Gasteiger charge is -2.16. The molecule has 3 aromatic rings. The number of hydrogen-bond acceptors (Lipinski definition) is 4. The van der Waals surface area contributed by atoms with Gasteiger partial charge in [-0.3, -0.25) is 4.79 Å². The molecule has 0 N–H and O–H groups in total. The highest BCUT2D eigenvalue weighted by atomic mass is 16.5. The van der Waals surface area contributed by atoms with Crippen LogP contribution in [-0.2, 0) is 6.54 Å². The van der Waals surface area contributed by atoms with Crippen molar-refractivity contribution in [1.82, 2.24) is 4.90 Å². The topological polar surface area (TPSA) is 42.7 Å². The van der Waals surface area contributed by atoms with E-state index in [1.54, 1.807) is 13.2 Å². The summed E-state index contributed by atoms with van der Waals surface area (Å²) < 4.78 is 11.8. The zero-order valence-electron chi connectivity index (χ0n) is 15.3. The van der Waals surface area contributed by atoms with E-state index in [0.717, 1.165) is 16.9 Å². The second-order valence-electron chi connectivity index (χ2n) is 6.61. The molecule has 130 valence electrons. The van der Waals surface area contributed by atoms with Crippen LogP contribution < -0.4 is 10.2 Å². The molecule has 0 unspecified atom stereocenters. The Kier molecular flexibility index (Phi) is 4.64. The first-order valence-electron chi connectivity index (χ1n) is 8.27. The van der Waals surface area contributed by atoms with Crippen LogP contribution in [0.3, 0.4) is 0 Å². The lowest BCUT2D eigenvalue weighted by Crippen LogP contribution is -2.14. The number of hydrogen-bond donors (Lipinski definition) is 0. The zero-order chi connectivity index (χ0) is 18.1. The Labute approximate surface area is 147 Å². The zero-order valence-corrected chi connectivity index (χ0v) is 15.3. The molecule has 0 bridgehead atoms. The number of nitrogens with zero attached hydrogens (tertiary/aromatic N) is 1. The highest BCUT2D eigenvalue weighted by Crippen LogP contribution is 2.32. The third-order valence-electron chi connectivity index (χ3n) is 4.36. The molecule has 1 aromatic heterocycles. The van der Waals surface area contributed by atoms with Gasteiger partial charge >= 0.3 is 0 Å². The highest BCUT2D eigenvalue weighted by Gasteiger charge is 2.18. The largest absolute Gasteiger partial charge is 0.496 e. The molecule has 0 aliphatic carbocycles. The maximum Gasteiger partial charge on any atom is 0.196 e. The average molecular weight is 337 g/mol. The van der Waals surface area contributed by atoms with Crippen molar-refractivity contribution in [2.45, 2.75) is 20.4 Å². The minimum absolute atomic E-state index is 0.000478. The van der Waals surface area contributed by atoms with Gasteiger partial charge in [-0.15, -0.1) is 0 Å². The molecule has 3 rings (SSSR count). The minimum Gasteiger partial charge on any atom is -0.496 e. The van der Waals surface area contributed by atoms with Crippen molar-refractivity contribution in [3.05, 3.63) is 63.3 Å². The van der Waals surface area contributed by atoms with Gasteiger partial charge in [-0.2, -0.15) is 0 Å². The van der Waals surface area contributed by atoms with Crippen molar-refractivity contribution in [1.29, 1.82) is 0 Å². The summed E-state index contributed by atoms with van der Waals surface area (Å²) in [5, 5.41) is 0.589. The van der Waals surface area contributed by atoms with Crippen LogP contribution in [0.5, 0.6) is 5.75 Å². The Morgan fingerprint density at radius 1 is 1.04 bits per heavy atom. The molecule has 0 saturated carbocycles. The van der Waals surface area contributed by atoms with E-state index in [-0.39, 0.29) is 5.43 Å². The summed E-state index contributed by atoms with van der Waals surface area (Å²) in [7, 11) is 5.59. The highest BCUT2D eigenvalue weighted by molar-refractivity contribution is 5.85. The Morgan fingerprint density at radius 3 is 2.32 bits per heavy atom. The van der Waals surface area contributed by atoms with E-state index in [2.05, 4.69) is 0 Å². The summed E-state index contributed by atoms with van der Waals surface area (Å²) >= 11 is 0. The molecule has 2 aromatic carbocycles. The quantitative estimate of drug-likeness (QED) is 0.717. The van der Waals surface area contributed by atoms with Crippen LogP contribution >= 0.6 is 0 Å². The molecule has 0 aliphatic heterocycles. The summed E-state index contributed by atoms with van der Waals surface area (Å²) in [6.45, 7) is 4.48. The lowest BCUT2D eigenvalue weighted by molar-refractivity contribution is 0.370. The van der Waals surface area contributed by atoms with Gasteiger partial charge in [0.05, 0.1) is 18.1 Å². The number of fused-ring (bicyclic) bond motifs is 1. The van der Waals surface area contributed by atoms with E-state index >= 15 is 0 Å². The molecule has 4 heteroatoms. The average Bonchev–Trinajstić information content (AvgIpc) is 2.59. The van der Waals surface area contributed by atoms with E-state index < -0.39 is 0 Å². The van der Waals surface area contributed by atoms with Crippen LogP contribution in [0.25, 0.3) is 22.3 Å². The van der Waals surface area contributed by atoms with E-state index in [1.165, 1.54) is 5.56 Å². The van der Waals surface area contributed by atoms with Gasteiger partial charge in [-0.25, -0.2) is 0 Å². The third-order valence-corrected chi connectivity index (χ3v) is 4.36. The Hall–Kier alpha value is -2.59. The molecule has 1 heterocycles. The van der Waals surface area contributed by atoms with E-state index in [1.807, 2.05) is 63.2 Å². The predicted molar refractivity (Wildman–Crippen MR) is 101 cm³/mol.